The Kier molecular flexibility index (Phi) is 9.55. The lowest BCUT2D eigenvalue weighted by Crippen LogP contribution is -2.23. The van der Waals surface area contributed by atoms with Gasteiger partial charge in [0.25, 0.3) is 0 Å². The molecule has 0 fully saturated rings. The van der Waals surface area contributed by atoms with Crippen LogP contribution in [0.2, 0.25) is 0 Å². The van der Waals surface area contributed by atoms with Crippen molar-refractivity contribution in [3.05, 3.63) is 90.1 Å². The second-order valence-electron chi connectivity index (χ2n) is 8.64. The zero-order chi connectivity index (χ0) is 30.4. The highest BCUT2D eigenvalue weighted by Gasteiger charge is 2.38. The number of rotatable bonds is 3. The Morgan fingerprint density at radius 2 is 1.46 bits per heavy atom. The van der Waals surface area contributed by atoms with E-state index < -0.39 is 24.3 Å². The number of nitrogens with zero attached hydrogens (tertiary/aromatic N) is 5. The van der Waals surface area contributed by atoms with Crippen molar-refractivity contribution in [2.24, 2.45) is 7.05 Å². The summed E-state index contributed by atoms with van der Waals surface area (Å²) in [6.45, 7) is 2.56. The highest BCUT2D eigenvalue weighted by Crippen LogP contribution is 2.33. The van der Waals surface area contributed by atoms with Gasteiger partial charge >= 0.3 is 24.3 Å². The summed E-state index contributed by atoms with van der Waals surface area (Å²) < 4.78 is 67.7. The number of aromatic nitrogens is 4. The van der Waals surface area contributed by atoms with E-state index in [1.807, 2.05) is 41.2 Å². The average Bonchev–Trinajstić information content (AvgIpc) is 3.44. The molecule has 1 aliphatic heterocycles. The van der Waals surface area contributed by atoms with Gasteiger partial charge in [-0.25, -0.2) is 14.3 Å². The number of pyridine rings is 1. The van der Waals surface area contributed by atoms with Gasteiger partial charge in [0.2, 0.25) is 0 Å². The highest BCUT2D eigenvalue weighted by atomic mass is 19.4. The number of aliphatic carboxylic acids is 2. The maximum Gasteiger partial charge on any atom is 0.490 e. The van der Waals surface area contributed by atoms with E-state index in [1.165, 1.54) is 16.8 Å². The summed E-state index contributed by atoms with van der Waals surface area (Å²) >= 11 is 0. The van der Waals surface area contributed by atoms with Crippen molar-refractivity contribution >= 4 is 11.9 Å². The third-order valence-corrected chi connectivity index (χ3v) is 5.63. The first-order chi connectivity index (χ1) is 19.2. The molecule has 9 nitrogen and oxygen atoms in total. The number of carboxylic acid groups (broad SMARTS) is 2. The van der Waals surface area contributed by atoms with E-state index in [2.05, 4.69) is 58.2 Å². The molecule has 3 aromatic heterocycles. The van der Waals surface area contributed by atoms with Crippen LogP contribution in [0.15, 0.2) is 73.2 Å². The van der Waals surface area contributed by atoms with Crippen LogP contribution < -0.4 is 0 Å². The number of hydrogen-bond acceptors (Lipinski definition) is 5. The number of alkyl halides is 6. The summed E-state index contributed by atoms with van der Waals surface area (Å²) in [5.41, 5.74) is 7.03. The standard InChI is InChI=1S/C22H21N5.2C2HF3O2/c1-25-12-10-20-21(25)16-26(15-18-7-5-6-11-23-18)13-17-14-27(24-22(17)20)19-8-3-2-4-9-19;2*3-2(4,5)1(6)7/h2-12,14H,13,15-16H2,1H3;2*(H,6,7). The molecule has 0 spiro atoms. The Morgan fingerprint density at radius 1 is 0.878 bits per heavy atom. The van der Waals surface area contributed by atoms with E-state index in [-0.39, 0.29) is 0 Å². The first kappa shape index (κ1) is 30.9. The molecule has 41 heavy (non-hydrogen) atoms. The van der Waals surface area contributed by atoms with Crippen molar-refractivity contribution < 1.29 is 46.1 Å². The van der Waals surface area contributed by atoms with Crippen LogP contribution in [0.3, 0.4) is 0 Å². The molecule has 1 aliphatic rings. The Hall–Kier alpha value is -4.66. The second-order valence-corrected chi connectivity index (χ2v) is 8.64. The fraction of sp³-hybridized carbons (Fsp3) is 0.231. The van der Waals surface area contributed by atoms with E-state index in [0.29, 0.717) is 0 Å². The Balaban J connectivity index is 0.000000276. The molecule has 2 N–H and O–H groups in total. The molecule has 0 amide bonds. The van der Waals surface area contributed by atoms with Crippen LogP contribution in [0, 0.1) is 0 Å². The summed E-state index contributed by atoms with van der Waals surface area (Å²) in [5.74, 6) is -5.51. The number of hydrogen-bond donors (Lipinski definition) is 2. The number of carboxylic acids is 2. The molecule has 0 bridgehead atoms. The van der Waals surface area contributed by atoms with E-state index in [0.717, 1.165) is 36.7 Å². The van der Waals surface area contributed by atoms with E-state index in [9.17, 15) is 26.3 Å². The lowest BCUT2D eigenvalue weighted by Gasteiger charge is -2.20. The predicted octanol–water partition coefficient (Wildman–Crippen LogP) is 5.06. The zero-order valence-corrected chi connectivity index (χ0v) is 21.3. The van der Waals surface area contributed by atoms with Crippen LogP contribution in [0.5, 0.6) is 0 Å². The van der Waals surface area contributed by atoms with Gasteiger partial charge in [0.05, 0.1) is 17.1 Å². The molecule has 0 unspecified atom stereocenters. The Bertz CT molecular complexity index is 1440. The normalized spacial score (nSPS) is 13.0. The average molecular weight is 583 g/mol. The fourth-order valence-corrected chi connectivity index (χ4v) is 3.78. The van der Waals surface area contributed by atoms with Gasteiger partial charge in [0.1, 0.15) is 0 Å². The fourth-order valence-electron chi connectivity index (χ4n) is 3.78. The SMILES string of the molecule is Cn1ccc2c1CN(Cc1ccccn1)Cc1cn(-c3ccccc3)nc1-2.O=C(O)C(F)(F)F.O=C(O)C(F)(F)F. The molecular weight excluding hydrogens is 560 g/mol. The third kappa shape index (κ3) is 8.41. The Labute approximate surface area is 228 Å². The number of benzene rings is 1. The van der Waals surface area contributed by atoms with Crippen LogP contribution in [-0.4, -0.2) is 58.7 Å². The monoisotopic (exact) mass is 583 g/mol. The van der Waals surface area contributed by atoms with Crippen LogP contribution in [0.1, 0.15) is 17.0 Å². The minimum atomic E-state index is -5.08. The number of aryl methyl sites for hydroxylation is 1. The minimum Gasteiger partial charge on any atom is -0.475 e. The molecular formula is C26H23F6N5O4. The van der Waals surface area contributed by atoms with Gasteiger partial charge < -0.3 is 14.8 Å². The van der Waals surface area contributed by atoms with Crippen molar-refractivity contribution in [1.29, 1.82) is 0 Å². The van der Waals surface area contributed by atoms with Gasteiger partial charge in [-0.2, -0.15) is 31.4 Å². The molecule has 4 heterocycles. The topological polar surface area (TPSA) is 113 Å². The summed E-state index contributed by atoms with van der Waals surface area (Å²) in [6, 6.07) is 18.6. The minimum absolute atomic E-state index is 0.821. The van der Waals surface area contributed by atoms with Gasteiger partial charge in [0, 0.05) is 62.1 Å². The molecule has 0 atom stereocenters. The summed E-state index contributed by atoms with van der Waals surface area (Å²) in [4.78, 5) is 24.7. The molecule has 15 heteroatoms. The van der Waals surface area contributed by atoms with Crippen LogP contribution >= 0.6 is 0 Å². The van der Waals surface area contributed by atoms with Crippen molar-refractivity contribution in [1.82, 2.24) is 24.2 Å². The molecule has 0 saturated carbocycles. The van der Waals surface area contributed by atoms with Gasteiger partial charge in [0.15, 0.2) is 0 Å². The van der Waals surface area contributed by atoms with Gasteiger partial charge in [-0.1, -0.05) is 24.3 Å². The van der Waals surface area contributed by atoms with Crippen LogP contribution in [0.25, 0.3) is 16.9 Å². The lowest BCUT2D eigenvalue weighted by molar-refractivity contribution is -0.193. The second kappa shape index (κ2) is 12.7. The molecule has 0 radical (unpaired) electrons. The molecule has 218 valence electrons. The van der Waals surface area contributed by atoms with Crippen molar-refractivity contribution in [3.63, 3.8) is 0 Å². The lowest BCUT2D eigenvalue weighted by atomic mass is 10.1. The van der Waals surface area contributed by atoms with Crippen molar-refractivity contribution in [2.75, 3.05) is 0 Å². The number of para-hydroxylation sites is 1. The summed E-state index contributed by atoms with van der Waals surface area (Å²) in [6.07, 6.45) is -4.02. The molecule has 0 aliphatic carbocycles. The quantitative estimate of drug-likeness (QED) is 0.325. The number of carbonyl (C=O) groups is 2. The zero-order valence-electron chi connectivity index (χ0n) is 21.3. The first-order valence-electron chi connectivity index (χ1n) is 11.7. The third-order valence-electron chi connectivity index (χ3n) is 5.63. The molecule has 1 aromatic carbocycles. The van der Waals surface area contributed by atoms with E-state index >= 15 is 0 Å². The first-order valence-corrected chi connectivity index (χ1v) is 11.7. The summed E-state index contributed by atoms with van der Waals surface area (Å²) in [7, 11) is 2.11. The van der Waals surface area contributed by atoms with Crippen molar-refractivity contribution in [2.45, 2.75) is 32.0 Å². The molecule has 5 rings (SSSR count). The van der Waals surface area contributed by atoms with E-state index in [1.54, 1.807) is 0 Å². The van der Waals surface area contributed by atoms with Crippen LogP contribution in [-0.2, 0) is 36.3 Å². The number of fused-ring (bicyclic) bond motifs is 3. The molecule has 4 aromatic rings. The maximum absolute atomic E-state index is 10.6. The van der Waals surface area contributed by atoms with E-state index in [4.69, 9.17) is 24.9 Å². The van der Waals surface area contributed by atoms with Gasteiger partial charge in [-0.3, -0.25) is 9.88 Å². The van der Waals surface area contributed by atoms with Gasteiger partial charge in [-0.05, 0) is 30.3 Å². The van der Waals surface area contributed by atoms with Crippen molar-refractivity contribution in [3.8, 4) is 16.9 Å². The summed E-state index contributed by atoms with van der Waals surface area (Å²) in [5, 5.41) is 19.2. The smallest absolute Gasteiger partial charge is 0.475 e. The molecule has 0 saturated heterocycles. The predicted molar refractivity (Wildman–Crippen MR) is 133 cm³/mol. The number of halogens is 6. The van der Waals surface area contributed by atoms with Crippen LogP contribution in [0.4, 0.5) is 26.3 Å². The van der Waals surface area contributed by atoms with Gasteiger partial charge in [-0.15, -0.1) is 0 Å². The largest absolute Gasteiger partial charge is 0.490 e. The highest BCUT2D eigenvalue weighted by molar-refractivity contribution is 5.73. The Morgan fingerprint density at radius 3 is 2.00 bits per heavy atom. The maximum atomic E-state index is 10.6.